The zero-order valence-corrected chi connectivity index (χ0v) is 35.6. The highest BCUT2D eigenvalue weighted by Gasteiger charge is 2.57. The molecule has 11 heteroatoms. The number of nitrogens with zero attached hydrogens (tertiary/aromatic N) is 3. The van der Waals surface area contributed by atoms with Crippen molar-refractivity contribution in [2.45, 2.75) is 90.8 Å². The second kappa shape index (κ2) is 17.5. The number of benzene rings is 3. The minimum absolute atomic E-state index is 0.0350. The Morgan fingerprint density at radius 2 is 1.75 bits per heavy atom. The van der Waals surface area contributed by atoms with Crippen LogP contribution in [0.5, 0.6) is 5.75 Å². The van der Waals surface area contributed by atoms with Gasteiger partial charge in [0.05, 0.1) is 26.4 Å². The van der Waals surface area contributed by atoms with Crippen LogP contribution in [0.1, 0.15) is 67.6 Å². The van der Waals surface area contributed by atoms with Crippen LogP contribution in [0.4, 0.5) is 5.69 Å². The standard InChI is InChI=1S/C46H65N5O6/c1-27-14-11-12-15-30(27)19-35(25-49(6)7)47-44(54)33-18-32(20-36(21-33)50(8)9)37-17-13-16-31(43(37)56-10)24-51-42(41(29(3)53)40(26-52)57-51)45(55)48-39-23-34-22-38(28(39)2)46(34,4)5/h11-18,20-21,28-29,34-35,38-42,52-53H,19,22-26H2,1-10H3,(H,47,54)(H,48,55)/t28-,29-,34-,35-,38+,39-,40-,41+,42-/m0/s1. The number of amides is 2. The molecule has 0 aromatic heterocycles. The van der Waals surface area contributed by atoms with E-state index in [1.165, 1.54) is 17.5 Å². The van der Waals surface area contributed by atoms with Crippen molar-refractivity contribution >= 4 is 17.5 Å². The number of rotatable bonds is 15. The van der Waals surface area contributed by atoms with Crippen LogP contribution in [0.15, 0.2) is 60.7 Å². The number of para-hydroxylation sites is 1. The van der Waals surface area contributed by atoms with Gasteiger partial charge in [-0.3, -0.25) is 14.4 Å². The first-order chi connectivity index (χ1) is 27.0. The maximum absolute atomic E-state index is 14.3. The zero-order valence-electron chi connectivity index (χ0n) is 35.6. The van der Waals surface area contributed by atoms with Crippen molar-refractivity contribution in [3.63, 3.8) is 0 Å². The average Bonchev–Trinajstić information content (AvgIpc) is 3.54. The number of fused-ring (bicyclic) bond motifs is 2. The smallest absolute Gasteiger partial charge is 0.251 e. The Bertz CT molecular complexity index is 1900. The van der Waals surface area contributed by atoms with Gasteiger partial charge in [-0.2, -0.15) is 5.06 Å². The molecule has 4 aliphatic rings. The zero-order chi connectivity index (χ0) is 41.3. The first-order valence-electron chi connectivity index (χ1n) is 20.5. The van der Waals surface area contributed by atoms with Crippen LogP contribution in [0, 0.1) is 36.0 Å². The number of methoxy groups -OCH3 is 1. The van der Waals surface area contributed by atoms with Gasteiger partial charge in [-0.1, -0.05) is 63.2 Å². The van der Waals surface area contributed by atoms with E-state index in [-0.39, 0.29) is 42.5 Å². The minimum atomic E-state index is -0.903. The van der Waals surface area contributed by atoms with Gasteiger partial charge in [0.25, 0.3) is 5.91 Å². The lowest BCUT2D eigenvalue weighted by atomic mass is 9.45. The monoisotopic (exact) mass is 783 g/mol. The van der Waals surface area contributed by atoms with Gasteiger partial charge in [0.2, 0.25) is 5.91 Å². The molecular weight excluding hydrogens is 719 g/mol. The van der Waals surface area contributed by atoms with Gasteiger partial charge in [-0.25, -0.2) is 0 Å². The molecule has 0 unspecified atom stereocenters. The lowest BCUT2D eigenvalue weighted by molar-refractivity contribution is -0.183. The van der Waals surface area contributed by atoms with E-state index in [4.69, 9.17) is 9.57 Å². The number of anilines is 1. The summed E-state index contributed by atoms with van der Waals surface area (Å²) in [4.78, 5) is 38.8. The third kappa shape index (κ3) is 8.88. The highest BCUT2D eigenvalue weighted by atomic mass is 16.7. The van der Waals surface area contributed by atoms with Crippen LogP contribution >= 0.6 is 0 Å². The van der Waals surface area contributed by atoms with Gasteiger partial charge in [0.15, 0.2) is 0 Å². The summed E-state index contributed by atoms with van der Waals surface area (Å²) in [5, 5.41) is 29.7. The number of likely N-dealkylation sites (N-methyl/N-ethyl adjacent to an activating group) is 1. The molecule has 1 heterocycles. The molecule has 0 spiro atoms. The summed E-state index contributed by atoms with van der Waals surface area (Å²) in [6.07, 6.45) is 1.17. The van der Waals surface area contributed by atoms with Crippen molar-refractivity contribution < 1.29 is 29.4 Å². The molecule has 310 valence electrons. The first kappa shape index (κ1) is 42.6. The van der Waals surface area contributed by atoms with Gasteiger partial charge in [-0.05, 0) is 105 Å². The molecular formula is C46H65N5O6. The van der Waals surface area contributed by atoms with Crippen LogP contribution in [0.3, 0.4) is 0 Å². The Morgan fingerprint density at radius 3 is 2.37 bits per heavy atom. The number of ether oxygens (including phenoxy) is 1. The average molecular weight is 784 g/mol. The molecule has 3 aromatic carbocycles. The first-order valence-corrected chi connectivity index (χ1v) is 20.5. The van der Waals surface area contributed by atoms with Crippen molar-refractivity contribution in [1.29, 1.82) is 0 Å². The van der Waals surface area contributed by atoms with Crippen LogP contribution in [-0.2, 0) is 22.6 Å². The summed E-state index contributed by atoms with van der Waals surface area (Å²) in [7, 11) is 9.54. The Morgan fingerprint density at radius 1 is 1.04 bits per heavy atom. The van der Waals surface area contributed by atoms with Crippen molar-refractivity contribution in [3.8, 4) is 16.9 Å². The van der Waals surface area contributed by atoms with Gasteiger partial charge >= 0.3 is 0 Å². The molecule has 2 bridgehead atoms. The third-order valence-electron chi connectivity index (χ3n) is 13.3. The topological polar surface area (TPSA) is 127 Å². The molecule has 4 N–H and O–H groups in total. The molecule has 3 saturated carbocycles. The van der Waals surface area contributed by atoms with E-state index in [9.17, 15) is 19.8 Å². The van der Waals surface area contributed by atoms with E-state index in [0.717, 1.165) is 28.8 Å². The predicted molar refractivity (Wildman–Crippen MR) is 225 cm³/mol. The maximum Gasteiger partial charge on any atom is 0.251 e. The summed E-state index contributed by atoms with van der Waals surface area (Å²) < 4.78 is 6.12. The Balaban J connectivity index is 1.29. The van der Waals surface area contributed by atoms with Crippen molar-refractivity contribution in [1.82, 2.24) is 20.6 Å². The van der Waals surface area contributed by atoms with Crippen molar-refractivity contribution in [3.05, 3.63) is 82.9 Å². The van der Waals surface area contributed by atoms with Crippen LogP contribution < -0.4 is 20.3 Å². The van der Waals surface area contributed by atoms with Gasteiger partial charge in [0.1, 0.15) is 17.9 Å². The molecule has 4 fully saturated rings. The SMILES string of the molecule is COc1c(CN2O[C@@H](CO)[C@@H]([C@H](C)O)[C@H]2C(=O)N[C@H]2C[C@@H]3C[C@H]([C@@H]2C)C3(C)C)cccc1-c1cc(C(=O)N[C@@H](Cc2ccccc2C)CN(C)C)cc(N(C)C)c1. The fraction of sp³-hybridized carbons (Fsp3) is 0.565. The van der Waals surface area contributed by atoms with Crippen LogP contribution in [0.25, 0.3) is 11.1 Å². The lowest BCUT2D eigenvalue weighted by Crippen LogP contribution is -2.62. The number of carbonyl (C=O) groups is 2. The third-order valence-corrected chi connectivity index (χ3v) is 13.3. The summed E-state index contributed by atoms with van der Waals surface area (Å²) in [5.41, 5.74) is 6.39. The Labute approximate surface area is 339 Å². The number of carbonyl (C=O) groups excluding carboxylic acids is 2. The number of aliphatic hydroxyl groups excluding tert-OH is 2. The molecule has 57 heavy (non-hydrogen) atoms. The van der Waals surface area contributed by atoms with E-state index >= 15 is 0 Å². The van der Waals surface area contributed by atoms with Crippen LogP contribution in [-0.4, -0.2) is 111 Å². The van der Waals surface area contributed by atoms with E-state index in [2.05, 4.69) is 55.4 Å². The molecule has 3 aliphatic carbocycles. The van der Waals surface area contributed by atoms with Crippen molar-refractivity contribution in [2.24, 2.45) is 29.1 Å². The lowest BCUT2D eigenvalue weighted by Gasteiger charge is -2.62. The van der Waals surface area contributed by atoms with E-state index in [1.807, 2.05) is 81.6 Å². The molecule has 3 aromatic rings. The van der Waals surface area contributed by atoms with Gasteiger partial charge in [-0.15, -0.1) is 0 Å². The number of aliphatic hydroxyl groups is 2. The van der Waals surface area contributed by atoms with Gasteiger partial charge < -0.3 is 35.4 Å². The molecule has 7 rings (SSSR count). The van der Waals surface area contributed by atoms with Gasteiger partial charge in [0, 0.05) is 61.0 Å². The normalized spacial score (nSPS) is 26.4. The quantitative estimate of drug-likeness (QED) is 0.163. The maximum atomic E-state index is 14.3. The molecule has 1 aliphatic heterocycles. The number of nitrogens with one attached hydrogen (secondary N) is 2. The molecule has 1 saturated heterocycles. The second-order valence-electron chi connectivity index (χ2n) is 18.0. The highest BCUT2D eigenvalue weighted by Crippen LogP contribution is 2.61. The van der Waals surface area contributed by atoms with E-state index in [1.54, 1.807) is 19.1 Å². The molecule has 2 amide bonds. The number of aryl methyl sites for hydroxylation is 1. The fourth-order valence-corrected chi connectivity index (χ4v) is 9.96. The summed E-state index contributed by atoms with van der Waals surface area (Å²) in [6, 6.07) is 19.0. The van der Waals surface area contributed by atoms with E-state index in [0.29, 0.717) is 42.0 Å². The molecule has 0 radical (unpaired) electrons. The predicted octanol–water partition coefficient (Wildman–Crippen LogP) is 5.30. The minimum Gasteiger partial charge on any atom is -0.496 e. The summed E-state index contributed by atoms with van der Waals surface area (Å²) in [5.74, 6) is 1.02. The highest BCUT2D eigenvalue weighted by molar-refractivity contribution is 5.97. The fourth-order valence-electron chi connectivity index (χ4n) is 9.96. The molecule has 9 atom stereocenters. The Hall–Kier alpha value is -4.00. The number of hydrogen-bond donors (Lipinski definition) is 4. The Kier molecular flexibility index (Phi) is 13.1. The summed E-state index contributed by atoms with van der Waals surface area (Å²) in [6.45, 7) is 11.2. The molecule has 11 nitrogen and oxygen atoms in total. The van der Waals surface area contributed by atoms with Crippen molar-refractivity contribution in [2.75, 3.05) is 53.4 Å². The summed E-state index contributed by atoms with van der Waals surface area (Å²) >= 11 is 0. The number of hydroxylamine groups is 2. The van der Waals surface area contributed by atoms with E-state index < -0.39 is 24.2 Å². The van der Waals surface area contributed by atoms with Crippen LogP contribution in [0.2, 0.25) is 0 Å². The largest absolute Gasteiger partial charge is 0.496 e. The second-order valence-corrected chi connectivity index (χ2v) is 18.0. The number of hydrogen-bond acceptors (Lipinski definition) is 9.